The topological polar surface area (TPSA) is 67.1 Å². The maximum atomic E-state index is 8.96. The minimum atomic E-state index is 0.457. The van der Waals surface area contributed by atoms with Gasteiger partial charge in [-0.15, -0.1) is 5.10 Å². The van der Waals surface area contributed by atoms with Gasteiger partial charge in [-0.3, -0.25) is 0 Å². The Kier molecular flexibility index (Phi) is 2.20. The van der Waals surface area contributed by atoms with Gasteiger partial charge in [0, 0.05) is 6.20 Å². The summed E-state index contributed by atoms with van der Waals surface area (Å²) in [7, 11) is 0. The van der Waals surface area contributed by atoms with Gasteiger partial charge in [0.05, 0.1) is 5.56 Å². The molecule has 3 rings (SSSR count). The van der Waals surface area contributed by atoms with Gasteiger partial charge in [-0.25, -0.2) is 9.50 Å². The van der Waals surface area contributed by atoms with E-state index in [-0.39, 0.29) is 0 Å². The molecule has 0 aromatic carbocycles. The van der Waals surface area contributed by atoms with Crippen LogP contribution in [0.2, 0.25) is 0 Å². The average molecular weight is 289 g/mol. The summed E-state index contributed by atoms with van der Waals surface area (Å²) in [6.07, 6.45) is 1.74. The van der Waals surface area contributed by atoms with Gasteiger partial charge in [0.25, 0.3) is 0 Å². The molecule has 0 saturated heterocycles. The largest absolute Gasteiger partial charge is 0.446 e. The van der Waals surface area contributed by atoms with Crippen molar-refractivity contribution < 1.29 is 4.42 Å². The molecule has 0 unspecified atom stereocenters. The van der Waals surface area contributed by atoms with Crippen molar-refractivity contribution in [2.45, 2.75) is 0 Å². The van der Waals surface area contributed by atoms with E-state index in [1.54, 1.807) is 35.0 Å². The number of nitrogens with zero attached hydrogens (tertiary/aromatic N) is 4. The zero-order chi connectivity index (χ0) is 11.8. The summed E-state index contributed by atoms with van der Waals surface area (Å²) >= 11 is 3.22. The molecule has 5 nitrogen and oxygen atoms in total. The molecule has 17 heavy (non-hydrogen) atoms. The van der Waals surface area contributed by atoms with E-state index in [9.17, 15) is 0 Å². The highest BCUT2D eigenvalue weighted by atomic mass is 79.9. The number of hydrogen-bond acceptors (Lipinski definition) is 4. The van der Waals surface area contributed by atoms with E-state index in [2.05, 4.69) is 32.1 Å². The maximum absolute atomic E-state index is 8.96. The van der Waals surface area contributed by atoms with Crippen LogP contribution >= 0.6 is 15.9 Å². The molecule has 0 fully saturated rings. The Hall–Kier alpha value is -2.13. The van der Waals surface area contributed by atoms with E-state index in [4.69, 9.17) is 9.68 Å². The van der Waals surface area contributed by atoms with Crippen LogP contribution in [0.5, 0.6) is 0 Å². The maximum Gasteiger partial charge on any atom is 0.217 e. The quantitative estimate of drug-likeness (QED) is 0.690. The Labute approximate surface area is 104 Å². The fourth-order valence-electron chi connectivity index (χ4n) is 1.53. The number of hydrogen-bond donors (Lipinski definition) is 0. The third-order valence-corrected chi connectivity index (χ3v) is 2.70. The summed E-state index contributed by atoms with van der Waals surface area (Å²) in [5, 5.41) is 13.2. The molecular formula is C11H5BrN4O. The van der Waals surface area contributed by atoms with Crippen LogP contribution in [0.4, 0.5) is 0 Å². The lowest BCUT2D eigenvalue weighted by molar-refractivity contribution is 0.551. The monoisotopic (exact) mass is 288 g/mol. The third kappa shape index (κ3) is 1.61. The fourth-order valence-corrected chi connectivity index (χ4v) is 1.84. The molecule has 0 radical (unpaired) electrons. The molecule has 0 bridgehead atoms. The minimum Gasteiger partial charge on any atom is -0.446 e. The van der Waals surface area contributed by atoms with Crippen LogP contribution in [-0.4, -0.2) is 14.6 Å². The van der Waals surface area contributed by atoms with Crippen LogP contribution in [0.25, 0.3) is 17.2 Å². The van der Waals surface area contributed by atoms with Gasteiger partial charge in [-0.05, 0) is 40.2 Å². The van der Waals surface area contributed by atoms with Crippen LogP contribution in [0, 0.1) is 11.3 Å². The second kappa shape index (κ2) is 3.71. The summed E-state index contributed by atoms with van der Waals surface area (Å²) in [5.41, 5.74) is 1.01. The van der Waals surface area contributed by atoms with Crippen LogP contribution in [0.3, 0.4) is 0 Å². The molecule has 0 amide bonds. The predicted octanol–water partition coefficient (Wildman–Crippen LogP) is 2.62. The molecule has 6 heteroatoms. The Bertz CT molecular complexity index is 737. The Morgan fingerprint density at radius 3 is 2.94 bits per heavy atom. The van der Waals surface area contributed by atoms with E-state index >= 15 is 0 Å². The first-order chi connectivity index (χ1) is 8.28. The highest BCUT2D eigenvalue weighted by molar-refractivity contribution is 9.10. The number of furan rings is 1. The van der Waals surface area contributed by atoms with Crippen molar-refractivity contribution in [2.75, 3.05) is 0 Å². The van der Waals surface area contributed by atoms with Crippen molar-refractivity contribution >= 4 is 21.6 Å². The van der Waals surface area contributed by atoms with E-state index in [0.29, 0.717) is 27.5 Å². The number of pyridine rings is 1. The molecule has 0 atom stereocenters. The van der Waals surface area contributed by atoms with Gasteiger partial charge in [0.15, 0.2) is 16.1 Å². The molecule has 0 saturated carbocycles. The molecular weight excluding hydrogens is 284 g/mol. The molecule has 82 valence electrons. The van der Waals surface area contributed by atoms with Crippen molar-refractivity contribution in [1.82, 2.24) is 14.6 Å². The second-order valence-corrected chi connectivity index (χ2v) is 4.12. The van der Waals surface area contributed by atoms with Crippen LogP contribution in [0.15, 0.2) is 39.5 Å². The molecule has 0 aliphatic heterocycles. The SMILES string of the molecule is N#Cc1cccn2nc(-c3ccc(Br)o3)nc12. The zero-order valence-corrected chi connectivity index (χ0v) is 10.0. The summed E-state index contributed by atoms with van der Waals surface area (Å²) in [4.78, 5) is 4.28. The number of aromatic nitrogens is 3. The number of rotatable bonds is 1. The van der Waals surface area contributed by atoms with E-state index in [1.807, 2.05) is 0 Å². The first kappa shape index (κ1) is 10.1. The van der Waals surface area contributed by atoms with E-state index in [1.165, 1.54) is 0 Å². The number of nitriles is 1. The van der Waals surface area contributed by atoms with Gasteiger partial charge in [-0.2, -0.15) is 5.26 Å². The fraction of sp³-hybridized carbons (Fsp3) is 0. The summed E-state index contributed by atoms with van der Waals surface area (Å²) in [5.74, 6) is 1.02. The first-order valence-electron chi connectivity index (χ1n) is 4.79. The van der Waals surface area contributed by atoms with Crippen LogP contribution < -0.4 is 0 Å². The van der Waals surface area contributed by atoms with Gasteiger partial charge in [0.1, 0.15) is 6.07 Å². The molecule has 3 aromatic heterocycles. The molecule has 0 aliphatic rings. The highest BCUT2D eigenvalue weighted by Crippen LogP contribution is 2.23. The zero-order valence-electron chi connectivity index (χ0n) is 8.46. The van der Waals surface area contributed by atoms with E-state index in [0.717, 1.165) is 0 Å². The minimum absolute atomic E-state index is 0.457. The molecule has 3 heterocycles. The predicted molar refractivity (Wildman–Crippen MR) is 63.1 cm³/mol. The number of halogens is 1. The van der Waals surface area contributed by atoms with Gasteiger partial charge in [0.2, 0.25) is 5.82 Å². The molecule has 3 aromatic rings. The van der Waals surface area contributed by atoms with Crippen LogP contribution in [-0.2, 0) is 0 Å². The van der Waals surface area contributed by atoms with Crippen molar-refractivity contribution in [2.24, 2.45) is 0 Å². The van der Waals surface area contributed by atoms with Gasteiger partial charge in [-0.1, -0.05) is 0 Å². The van der Waals surface area contributed by atoms with Crippen LogP contribution in [0.1, 0.15) is 5.56 Å². The van der Waals surface area contributed by atoms with Crippen molar-refractivity contribution in [3.05, 3.63) is 40.7 Å². The lowest BCUT2D eigenvalue weighted by Gasteiger charge is -1.90. The molecule has 0 aliphatic carbocycles. The molecule has 0 N–H and O–H groups in total. The van der Waals surface area contributed by atoms with Crippen molar-refractivity contribution in [3.8, 4) is 17.7 Å². The Morgan fingerprint density at radius 1 is 1.35 bits per heavy atom. The highest BCUT2D eigenvalue weighted by Gasteiger charge is 2.12. The van der Waals surface area contributed by atoms with Gasteiger partial charge >= 0.3 is 0 Å². The average Bonchev–Trinajstić information content (AvgIpc) is 2.93. The standard InChI is InChI=1S/C11H5BrN4O/c12-9-4-3-8(17-9)10-14-11-7(6-13)2-1-5-16(11)15-10/h1-5H. The Balaban J connectivity index is 2.24. The second-order valence-electron chi connectivity index (χ2n) is 3.34. The summed E-state index contributed by atoms with van der Waals surface area (Å²) in [6, 6.07) is 9.07. The van der Waals surface area contributed by atoms with Gasteiger partial charge < -0.3 is 4.42 Å². The number of fused-ring (bicyclic) bond motifs is 1. The Morgan fingerprint density at radius 2 is 2.24 bits per heavy atom. The lowest BCUT2D eigenvalue weighted by Crippen LogP contribution is -1.88. The lowest BCUT2D eigenvalue weighted by atomic mass is 10.3. The smallest absolute Gasteiger partial charge is 0.217 e. The molecule has 0 spiro atoms. The first-order valence-corrected chi connectivity index (χ1v) is 5.58. The van der Waals surface area contributed by atoms with Crippen molar-refractivity contribution in [1.29, 1.82) is 5.26 Å². The summed E-state index contributed by atoms with van der Waals surface area (Å²) < 4.78 is 7.55. The van der Waals surface area contributed by atoms with Crippen molar-refractivity contribution in [3.63, 3.8) is 0 Å². The normalized spacial score (nSPS) is 10.6. The summed E-state index contributed by atoms with van der Waals surface area (Å²) in [6.45, 7) is 0. The third-order valence-electron chi connectivity index (χ3n) is 2.28. The van der Waals surface area contributed by atoms with E-state index < -0.39 is 0 Å².